The second-order valence-corrected chi connectivity index (χ2v) is 7.87. The minimum Gasteiger partial charge on any atom is -0.214 e. The van der Waals surface area contributed by atoms with Gasteiger partial charge in [-0.2, -0.15) is 30.3 Å². The fraction of sp³-hybridized carbons (Fsp3) is 0.118. The molecule has 20 heavy (non-hydrogen) atoms. The Bertz CT molecular complexity index is 550. The van der Waals surface area contributed by atoms with Crippen LogP contribution in [0.5, 0.6) is 0 Å². The van der Waals surface area contributed by atoms with E-state index < -0.39 is 20.8 Å². The number of benzene rings is 1. The van der Waals surface area contributed by atoms with E-state index in [0.29, 0.717) is 0 Å². The molecule has 0 fully saturated rings. The van der Waals surface area contributed by atoms with E-state index in [-0.39, 0.29) is 7.43 Å². The fourth-order valence-electron chi connectivity index (χ4n) is 1.78. The van der Waals surface area contributed by atoms with Crippen molar-refractivity contribution in [2.24, 2.45) is 0 Å². The van der Waals surface area contributed by atoms with Gasteiger partial charge in [0.2, 0.25) is 0 Å². The van der Waals surface area contributed by atoms with Crippen molar-refractivity contribution < 1.29 is 20.8 Å². The van der Waals surface area contributed by atoms with E-state index in [9.17, 15) is 0 Å². The Balaban J connectivity index is 0.000000339. The molecule has 3 rings (SSSR count). The normalized spacial score (nSPS) is 8.60. The zero-order valence-corrected chi connectivity index (χ0v) is 16.0. The maximum atomic E-state index is 4.93. The van der Waals surface area contributed by atoms with Crippen LogP contribution in [-0.4, -0.2) is 0 Å². The van der Waals surface area contributed by atoms with Gasteiger partial charge < -0.3 is 7.43 Å². The monoisotopic (exact) mass is 383 g/mol. The van der Waals surface area contributed by atoms with E-state index in [1.807, 2.05) is 30.3 Å². The second kappa shape index (κ2) is 11.3. The maximum absolute atomic E-state index is 4.93. The van der Waals surface area contributed by atoms with Crippen molar-refractivity contribution in [2.75, 3.05) is 0 Å². The molecule has 0 saturated heterocycles. The van der Waals surface area contributed by atoms with E-state index in [1.165, 1.54) is 21.9 Å². The molecule has 3 aromatic carbocycles. The molecular weight excluding hydrogens is 366 g/mol. The molecule has 0 radical (unpaired) electrons. The van der Waals surface area contributed by atoms with Gasteiger partial charge in [0.05, 0.1) is 0 Å². The quantitative estimate of drug-likeness (QED) is 0.392. The van der Waals surface area contributed by atoms with Crippen LogP contribution in [0.4, 0.5) is 0 Å². The molecule has 0 aromatic heterocycles. The van der Waals surface area contributed by atoms with Gasteiger partial charge in [-0.25, -0.2) is 12.1 Å². The molecule has 0 saturated carbocycles. The van der Waals surface area contributed by atoms with Gasteiger partial charge in [0.15, 0.2) is 0 Å². The fourth-order valence-corrected chi connectivity index (χ4v) is 1.78. The zero-order valence-electron chi connectivity index (χ0n) is 12.0. The Labute approximate surface area is 141 Å². The first-order valence-electron chi connectivity index (χ1n) is 5.94. The molecule has 108 valence electrons. The van der Waals surface area contributed by atoms with Crippen molar-refractivity contribution in [3.8, 4) is 0 Å². The third-order valence-electron chi connectivity index (χ3n) is 2.70. The van der Waals surface area contributed by atoms with Crippen LogP contribution in [0, 0.1) is 21.3 Å². The van der Waals surface area contributed by atoms with Gasteiger partial charge in [-0.15, -0.1) is 28.5 Å². The summed E-state index contributed by atoms with van der Waals surface area (Å²) in [6.07, 6.45) is 0. The number of hydrogen-bond donors (Lipinski definition) is 0. The number of halogens is 2. The van der Waals surface area contributed by atoms with Crippen molar-refractivity contribution in [1.82, 2.24) is 0 Å². The molecule has 0 heterocycles. The first kappa shape index (κ1) is 19.6. The van der Waals surface area contributed by atoms with Crippen LogP contribution in [0.25, 0.3) is 10.8 Å². The molecule has 0 N–H and O–H groups in total. The van der Waals surface area contributed by atoms with Crippen LogP contribution in [0.1, 0.15) is 11.1 Å². The zero-order chi connectivity index (χ0) is 14.1. The summed E-state index contributed by atoms with van der Waals surface area (Å²) in [5.41, 5.74) is 2.72. The Kier molecular flexibility index (Phi) is 11.1. The van der Waals surface area contributed by atoms with Gasteiger partial charge in [0, 0.05) is 0 Å². The number of rotatable bonds is 0. The first-order valence-corrected chi connectivity index (χ1v) is 12.3. The minimum absolute atomic E-state index is 0. The SMILES string of the molecule is Cc1ccc2cc[c-](C)c2c1.[CH3-].[Cl][Zr][Cl].c1cc[cH-]c1. The van der Waals surface area contributed by atoms with E-state index in [0.717, 1.165) is 0 Å². The Hall–Kier alpha value is -0.357. The molecule has 3 heteroatoms. The summed E-state index contributed by atoms with van der Waals surface area (Å²) in [6.45, 7) is 4.29. The molecule has 0 bridgehead atoms. The molecule has 0 atom stereocenters. The molecule has 0 aliphatic heterocycles. The van der Waals surface area contributed by atoms with Crippen LogP contribution in [0.3, 0.4) is 0 Å². The van der Waals surface area contributed by atoms with Gasteiger partial charge in [0.25, 0.3) is 0 Å². The van der Waals surface area contributed by atoms with Crippen molar-refractivity contribution >= 4 is 27.8 Å². The van der Waals surface area contributed by atoms with Crippen LogP contribution in [0.2, 0.25) is 0 Å². The summed E-state index contributed by atoms with van der Waals surface area (Å²) in [6, 6.07) is 20.9. The van der Waals surface area contributed by atoms with E-state index in [2.05, 4.69) is 44.2 Å². The molecule has 0 amide bonds. The van der Waals surface area contributed by atoms with Gasteiger partial charge >= 0.3 is 37.9 Å². The molecular formula is C17H19Cl2Zr-3. The van der Waals surface area contributed by atoms with Gasteiger partial charge in [-0.05, 0) is 6.92 Å². The van der Waals surface area contributed by atoms with Crippen molar-refractivity contribution in [2.45, 2.75) is 13.8 Å². The van der Waals surface area contributed by atoms with Crippen LogP contribution >= 0.6 is 17.0 Å². The largest absolute Gasteiger partial charge is 0.214 e. The van der Waals surface area contributed by atoms with Crippen molar-refractivity contribution in [3.05, 3.63) is 79.2 Å². The Morgan fingerprint density at radius 1 is 1.10 bits per heavy atom. The van der Waals surface area contributed by atoms with E-state index in [4.69, 9.17) is 17.0 Å². The predicted octanol–water partition coefficient (Wildman–Crippen LogP) is 6.41. The summed E-state index contributed by atoms with van der Waals surface area (Å²) in [4.78, 5) is 0. The third kappa shape index (κ3) is 6.88. The minimum atomic E-state index is -0.826. The average Bonchev–Trinajstić information content (AvgIpc) is 3.05. The maximum Gasteiger partial charge on any atom is -0.172 e. The van der Waals surface area contributed by atoms with E-state index in [1.54, 1.807) is 0 Å². The van der Waals surface area contributed by atoms with Gasteiger partial charge in [-0.1, -0.05) is 18.6 Å². The van der Waals surface area contributed by atoms with E-state index >= 15 is 0 Å². The summed E-state index contributed by atoms with van der Waals surface area (Å²) < 4.78 is 0. The molecule has 0 spiro atoms. The number of fused-ring (bicyclic) bond motifs is 1. The number of hydrogen-bond acceptors (Lipinski definition) is 0. The molecule has 0 nitrogen and oxygen atoms in total. The molecule has 3 aromatic rings. The predicted molar refractivity (Wildman–Crippen MR) is 89.2 cm³/mol. The van der Waals surface area contributed by atoms with Crippen LogP contribution < -0.4 is 0 Å². The van der Waals surface area contributed by atoms with Gasteiger partial charge in [0.1, 0.15) is 0 Å². The third-order valence-corrected chi connectivity index (χ3v) is 2.70. The molecule has 0 aliphatic carbocycles. The molecule has 0 aliphatic rings. The standard InChI is InChI=1S/C11H11.C5H5.CH3.2ClH.Zr/c1-8-3-5-10-6-4-9(2)11(10)7-8;1-2-4-5-3-1;;;;/h3-7H,1-2H3;1-5H;1H3;2*1H;/q3*-1;;;+2/p-2. The topological polar surface area (TPSA) is 0 Å². The van der Waals surface area contributed by atoms with Crippen LogP contribution in [0.15, 0.2) is 60.7 Å². The summed E-state index contributed by atoms with van der Waals surface area (Å²) in [5.74, 6) is 0. The summed E-state index contributed by atoms with van der Waals surface area (Å²) in [7, 11) is 9.87. The van der Waals surface area contributed by atoms with Crippen molar-refractivity contribution in [1.29, 1.82) is 0 Å². The Morgan fingerprint density at radius 3 is 2.20 bits per heavy atom. The van der Waals surface area contributed by atoms with Gasteiger partial charge in [-0.3, -0.25) is 0 Å². The van der Waals surface area contributed by atoms with Crippen molar-refractivity contribution in [3.63, 3.8) is 0 Å². The molecule has 0 unspecified atom stereocenters. The van der Waals surface area contributed by atoms with Crippen LogP contribution in [-0.2, 0) is 20.8 Å². The first-order chi connectivity index (χ1) is 9.19. The summed E-state index contributed by atoms with van der Waals surface area (Å²) in [5, 5.41) is 2.75. The Morgan fingerprint density at radius 2 is 1.70 bits per heavy atom. The second-order valence-electron chi connectivity index (χ2n) is 4.14. The summed E-state index contributed by atoms with van der Waals surface area (Å²) >= 11 is -0.826. The number of aryl methyl sites for hydroxylation is 2. The smallest absolute Gasteiger partial charge is 0.172 e. The average molecular weight is 385 g/mol.